The lowest BCUT2D eigenvalue weighted by Crippen LogP contribution is -2.51. The van der Waals surface area contributed by atoms with Gasteiger partial charge in [-0.15, -0.1) is 0 Å². The average molecular weight is 429 g/mol. The third-order valence-electron chi connectivity index (χ3n) is 5.46. The Labute approximate surface area is 163 Å². The van der Waals surface area contributed by atoms with Gasteiger partial charge in [-0.05, 0) is 42.6 Å². The van der Waals surface area contributed by atoms with Crippen molar-refractivity contribution >= 4 is 21.8 Å². The first kappa shape index (κ1) is 19.8. The lowest BCUT2D eigenvalue weighted by molar-refractivity contribution is -0.123. The predicted octanol–water partition coefficient (Wildman–Crippen LogP) is 1.51. The van der Waals surface area contributed by atoms with Crippen LogP contribution in [0.2, 0.25) is 0 Å². The molecule has 0 aromatic carbocycles. The Morgan fingerprint density at radius 3 is 2.46 bits per heavy atom. The molecular formula is C18H29BrN4O3. The molecule has 1 aromatic rings. The van der Waals surface area contributed by atoms with E-state index in [1.807, 2.05) is 13.8 Å². The van der Waals surface area contributed by atoms with Crippen LogP contribution in [0.4, 0.5) is 0 Å². The quantitative estimate of drug-likeness (QED) is 0.743. The van der Waals surface area contributed by atoms with Crippen molar-refractivity contribution in [2.45, 2.75) is 33.2 Å². The van der Waals surface area contributed by atoms with Crippen molar-refractivity contribution in [3.8, 4) is 0 Å². The van der Waals surface area contributed by atoms with Gasteiger partial charge in [0.2, 0.25) is 5.91 Å². The van der Waals surface area contributed by atoms with Crippen molar-refractivity contribution in [2.24, 2.45) is 5.41 Å². The molecule has 8 heteroatoms. The van der Waals surface area contributed by atoms with Crippen molar-refractivity contribution in [3.63, 3.8) is 0 Å². The van der Waals surface area contributed by atoms with Crippen molar-refractivity contribution in [1.29, 1.82) is 0 Å². The second-order valence-electron chi connectivity index (χ2n) is 7.42. The monoisotopic (exact) mass is 428 g/mol. The normalized spacial score (nSPS) is 20.9. The molecule has 1 N–H and O–H groups in total. The molecule has 1 amide bonds. The molecule has 0 radical (unpaired) electrons. The van der Waals surface area contributed by atoms with E-state index in [0.29, 0.717) is 6.54 Å². The van der Waals surface area contributed by atoms with Crippen LogP contribution in [-0.4, -0.2) is 73.2 Å². The molecule has 7 nitrogen and oxygen atoms in total. The standard InChI is InChI=1S/C18H29BrN4O3/c1-14-17(19)15(2)23(21-14)11-16(24)20-12-18(3-7-25-8-4-18)13-22-5-9-26-10-6-22/h3-13H2,1-2H3,(H,20,24). The molecular weight excluding hydrogens is 400 g/mol. The minimum absolute atomic E-state index is 0.0101. The summed E-state index contributed by atoms with van der Waals surface area (Å²) in [6.07, 6.45) is 1.96. The lowest BCUT2D eigenvalue weighted by atomic mass is 9.79. The molecule has 0 aliphatic carbocycles. The second kappa shape index (κ2) is 8.82. The summed E-state index contributed by atoms with van der Waals surface area (Å²) in [4.78, 5) is 15.0. The van der Waals surface area contributed by atoms with Crippen LogP contribution in [0.25, 0.3) is 0 Å². The van der Waals surface area contributed by atoms with Crippen molar-refractivity contribution < 1.29 is 14.3 Å². The smallest absolute Gasteiger partial charge is 0.241 e. The molecule has 2 aliphatic heterocycles. The summed E-state index contributed by atoms with van der Waals surface area (Å²) in [7, 11) is 0. The number of carbonyl (C=O) groups excluding carboxylic acids is 1. The number of hydrogen-bond donors (Lipinski definition) is 1. The zero-order valence-corrected chi connectivity index (χ0v) is 17.3. The first-order chi connectivity index (χ1) is 12.5. The molecule has 2 saturated heterocycles. The average Bonchev–Trinajstić information content (AvgIpc) is 2.88. The van der Waals surface area contributed by atoms with E-state index in [-0.39, 0.29) is 17.9 Å². The molecule has 0 spiro atoms. The summed E-state index contributed by atoms with van der Waals surface area (Å²) >= 11 is 3.51. The van der Waals surface area contributed by atoms with E-state index in [9.17, 15) is 4.79 Å². The van der Waals surface area contributed by atoms with Gasteiger partial charge < -0.3 is 14.8 Å². The van der Waals surface area contributed by atoms with E-state index >= 15 is 0 Å². The highest BCUT2D eigenvalue weighted by Crippen LogP contribution is 2.31. The van der Waals surface area contributed by atoms with Gasteiger partial charge in [-0.1, -0.05) is 0 Å². The van der Waals surface area contributed by atoms with Gasteiger partial charge in [0, 0.05) is 44.8 Å². The number of hydrogen-bond acceptors (Lipinski definition) is 5. The van der Waals surface area contributed by atoms with E-state index in [4.69, 9.17) is 9.47 Å². The van der Waals surface area contributed by atoms with Crippen LogP contribution in [0.1, 0.15) is 24.2 Å². The van der Waals surface area contributed by atoms with Crippen LogP contribution in [0.5, 0.6) is 0 Å². The zero-order valence-electron chi connectivity index (χ0n) is 15.7. The number of nitrogens with zero attached hydrogens (tertiary/aromatic N) is 3. The Morgan fingerprint density at radius 1 is 1.19 bits per heavy atom. The molecule has 0 atom stereocenters. The molecule has 3 heterocycles. The van der Waals surface area contributed by atoms with Crippen molar-refractivity contribution in [1.82, 2.24) is 20.0 Å². The van der Waals surface area contributed by atoms with Gasteiger partial charge >= 0.3 is 0 Å². The molecule has 0 unspecified atom stereocenters. The number of morpholine rings is 1. The van der Waals surface area contributed by atoms with Gasteiger partial charge in [0.15, 0.2) is 0 Å². The summed E-state index contributed by atoms with van der Waals surface area (Å²) < 4.78 is 13.8. The molecule has 2 fully saturated rings. The maximum atomic E-state index is 12.5. The number of rotatable bonds is 6. The Hall–Kier alpha value is -0.960. The maximum absolute atomic E-state index is 12.5. The number of carbonyl (C=O) groups is 1. The van der Waals surface area contributed by atoms with Crippen LogP contribution in [0, 0.1) is 19.3 Å². The minimum Gasteiger partial charge on any atom is -0.381 e. The molecule has 0 saturated carbocycles. The van der Waals surface area contributed by atoms with Crippen LogP contribution in [-0.2, 0) is 20.8 Å². The maximum Gasteiger partial charge on any atom is 0.241 e. The van der Waals surface area contributed by atoms with Crippen LogP contribution < -0.4 is 5.32 Å². The lowest BCUT2D eigenvalue weighted by Gasteiger charge is -2.42. The van der Waals surface area contributed by atoms with E-state index in [2.05, 4.69) is 31.2 Å². The fourth-order valence-corrected chi connectivity index (χ4v) is 4.02. The van der Waals surface area contributed by atoms with E-state index < -0.39 is 0 Å². The van der Waals surface area contributed by atoms with Crippen LogP contribution in [0.3, 0.4) is 0 Å². The summed E-state index contributed by atoms with van der Waals surface area (Å²) in [6, 6.07) is 0. The molecule has 1 aromatic heterocycles. The molecule has 0 bridgehead atoms. The second-order valence-corrected chi connectivity index (χ2v) is 8.21. The third kappa shape index (κ3) is 4.85. The van der Waals surface area contributed by atoms with Gasteiger partial charge in [0.1, 0.15) is 6.54 Å². The first-order valence-corrected chi connectivity index (χ1v) is 10.1. The Bertz CT molecular complexity index is 622. The summed E-state index contributed by atoms with van der Waals surface area (Å²) in [5.74, 6) is 0.0101. The molecule has 3 rings (SSSR count). The fraction of sp³-hybridized carbons (Fsp3) is 0.778. The highest BCUT2D eigenvalue weighted by Gasteiger charge is 2.35. The fourth-order valence-electron chi connectivity index (χ4n) is 3.74. The minimum atomic E-state index is 0.0101. The zero-order chi connectivity index (χ0) is 18.6. The SMILES string of the molecule is Cc1nn(CC(=O)NCC2(CN3CCOCC3)CCOCC2)c(C)c1Br. The summed E-state index contributed by atoms with van der Waals surface area (Å²) in [6.45, 7) is 10.9. The number of ether oxygens (including phenoxy) is 2. The molecule has 2 aliphatic rings. The highest BCUT2D eigenvalue weighted by molar-refractivity contribution is 9.10. The Balaban J connectivity index is 1.58. The third-order valence-corrected chi connectivity index (χ3v) is 6.61. The number of halogens is 1. The van der Waals surface area contributed by atoms with Gasteiger partial charge in [-0.2, -0.15) is 5.10 Å². The molecule has 146 valence electrons. The molecule has 26 heavy (non-hydrogen) atoms. The number of aryl methyl sites for hydroxylation is 1. The van der Waals surface area contributed by atoms with E-state index in [1.54, 1.807) is 4.68 Å². The topological polar surface area (TPSA) is 68.6 Å². The summed E-state index contributed by atoms with van der Waals surface area (Å²) in [5, 5.41) is 7.58. The summed E-state index contributed by atoms with van der Waals surface area (Å²) in [5.41, 5.74) is 1.97. The number of amides is 1. The van der Waals surface area contributed by atoms with Gasteiger partial charge in [-0.3, -0.25) is 14.4 Å². The van der Waals surface area contributed by atoms with Crippen molar-refractivity contribution in [3.05, 3.63) is 15.9 Å². The van der Waals surface area contributed by atoms with Crippen LogP contribution in [0.15, 0.2) is 4.47 Å². The highest BCUT2D eigenvalue weighted by atomic mass is 79.9. The van der Waals surface area contributed by atoms with Crippen LogP contribution >= 0.6 is 15.9 Å². The van der Waals surface area contributed by atoms with Gasteiger partial charge in [0.05, 0.1) is 29.1 Å². The Kier molecular flexibility index (Phi) is 6.71. The van der Waals surface area contributed by atoms with Gasteiger partial charge in [-0.25, -0.2) is 0 Å². The predicted molar refractivity (Wildman–Crippen MR) is 102 cm³/mol. The van der Waals surface area contributed by atoms with E-state index in [0.717, 1.165) is 74.8 Å². The van der Waals surface area contributed by atoms with E-state index in [1.165, 1.54) is 0 Å². The van der Waals surface area contributed by atoms with Gasteiger partial charge in [0.25, 0.3) is 0 Å². The number of nitrogens with one attached hydrogen (secondary N) is 1. The Morgan fingerprint density at radius 2 is 1.85 bits per heavy atom. The van der Waals surface area contributed by atoms with Crippen molar-refractivity contribution in [2.75, 3.05) is 52.6 Å². The largest absolute Gasteiger partial charge is 0.381 e. The number of aromatic nitrogens is 2. The first-order valence-electron chi connectivity index (χ1n) is 9.33.